The van der Waals surface area contributed by atoms with Crippen molar-refractivity contribution >= 4 is 23.8 Å². The number of rotatable bonds is 6. The van der Waals surface area contributed by atoms with E-state index in [2.05, 4.69) is 42.4 Å². The number of anilines is 1. The fraction of sp³-hybridized carbons (Fsp3) is 0.438. The molecule has 0 aliphatic heterocycles. The van der Waals surface area contributed by atoms with Crippen molar-refractivity contribution in [3.8, 4) is 0 Å². The van der Waals surface area contributed by atoms with Crippen molar-refractivity contribution in [3.63, 3.8) is 0 Å². The third-order valence-corrected chi connectivity index (χ3v) is 3.76. The van der Waals surface area contributed by atoms with Crippen molar-refractivity contribution in [2.24, 2.45) is 0 Å². The summed E-state index contributed by atoms with van der Waals surface area (Å²) in [5, 5.41) is 9.84. The fourth-order valence-electron chi connectivity index (χ4n) is 2.25. The third-order valence-electron chi connectivity index (χ3n) is 3.45. The highest BCUT2D eigenvalue weighted by Gasteiger charge is 2.10. The molecule has 0 radical (unpaired) electrons. The molecular weight excluding hydrogens is 296 g/mol. The highest BCUT2D eigenvalue weighted by atomic mass is 32.1. The van der Waals surface area contributed by atoms with Gasteiger partial charge >= 0.3 is 0 Å². The Morgan fingerprint density at radius 3 is 2.91 bits per heavy atom. The van der Waals surface area contributed by atoms with Gasteiger partial charge in [-0.1, -0.05) is 32.9 Å². The van der Waals surface area contributed by atoms with E-state index < -0.39 is 0 Å². The summed E-state index contributed by atoms with van der Waals surface area (Å²) in [7, 11) is 0. The zero-order chi connectivity index (χ0) is 16.1. The van der Waals surface area contributed by atoms with Gasteiger partial charge in [0.15, 0.2) is 4.77 Å². The van der Waals surface area contributed by atoms with Gasteiger partial charge < -0.3 is 5.32 Å². The number of aryl methyl sites for hydroxylation is 1. The molecule has 0 unspecified atom stereocenters. The predicted octanol–water partition coefficient (Wildman–Crippen LogP) is 3.66. The Kier molecular flexibility index (Phi) is 5.49. The number of carbonyl (C=O) groups is 1. The van der Waals surface area contributed by atoms with Crippen molar-refractivity contribution in [3.05, 3.63) is 40.4 Å². The van der Waals surface area contributed by atoms with Crippen LogP contribution in [0.15, 0.2) is 24.3 Å². The van der Waals surface area contributed by atoms with Crippen LogP contribution in [0.25, 0.3) is 0 Å². The van der Waals surface area contributed by atoms with Gasteiger partial charge in [0, 0.05) is 12.1 Å². The van der Waals surface area contributed by atoms with Crippen LogP contribution in [0.1, 0.15) is 44.5 Å². The zero-order valence-corrected chi connectivity index (χ0v) is 14.0. The quantitative estimate of drug-likeness (QED) is 0.799. The summed E-state index contributed by atoms with van der Waals surface area (Å²) in [5.41, 5.74) is 2.01. The normalized spacial score (nSPS) is 10.9. The summed E-state index contributed by atoms with van der Waals surface area (Å²) < 4.78 is 2.23. The Bertz CT molecular complexity index is 702. The number of aromatic amines is 1. The first-order valence-electron chi connectivity index (χ1n) is 7.55. The van der Waals surface area contributed by atoms with E-state index in [1.165, 1.54) is 5.56 Å². The molecule has 0 saturated carbocycles. The van der Waals surface area contributed by atoms with E-state index >= 15 is 0 Å². The summed E-state index contributed by atoms with van der Waals surface area (Å²) in [6.45, 7) is 6.50. The monoisotopic (exact) mass is 318 g/mol. The van der Waals surface area contributed by atoms with Crippen LogP contribution in [0.3, 0.4) is 0 Å². The maximum atomic E-state index is 12.2. The number of carbonyl (C=O) groups excluding carboxylic acids is 1. The largest absolute Gasteiger partial charge is 0.325 e. The Morgan fingerprint density at radius 2 is 2.23 bits per heavy atom. The molecule has 2 N–H and O–H groups in total. The molecule has 0 bridgehead atoms. The molecule has 0 saturated heterocycles. The molecule has 1 heterocycles. The van der Waals surface area contributed by atoms with Gasteiger partial charge in [0.2, 0.25) is 5.91 Å². The zero-order valence-electron chi connectivity index (χ0n) is 13.2. The molecule has 0 atom stereocenters. The molecule has 118 valence electrons. The van der Waals surface area contributed by atoms with Crippen LogP contribution < -0.4 is 5.32 Å². The number of benzene rings is 1. The minimum atomic E-state index is -0.101. The molecular formula is C16H22N4OS. The number of amides is 1. The molecule has 0 fully saturated rings. The van der Waals surface area contributed by atoms with Gasteiger partial charge in [-0.2, -0.15) is 5.10 Å². The molecule has 0 aliphatic carbocycles. The second kappa shape index (κ2) is 7.35. The lowest BCUT2D eigenvalue weighted by atomic mass is 10.0. The topological polar surface area (TPSA) is 62.7 Å². The number of nitrogens with zero attached hydrogens (tertiary/aromatic N) is 2. The van der Waals surface area contributed by atoms with Gasteiger partial charge in [-0.05, 0) is 42.3 Å². The Balaban J connectivity index is 2.09. The van der Waals surface area contributed by atoms with Crippen molar-refractivity contribution in [2.75, 3.05) is 5.32 Å². The Hall–Kier alpha value is -1.95. The summed E-state index contributed by atoms with van der Waals surface area (Å²) >= 11 is 5.19. The number of nitrogens with one attached hydrogen (secondary N) is 2. The van der Waals surface area contributed by atoms with Gasteiger partial charge in [-0.25, -0.2) is 0 Å². The van der Waals surface area contributed by atoms with Gasteiger partial charge in [-0.15, -0.1) is 0 Å². The van der Waals surface area contributed by atoms with E-state index in [1.807, 2.05) is 18.2 Å². The first-order valence-corrected chi connectivity index (χ1v) is 7.96. The fourth-order valence-corrected chi connectivity index (χ4v) is 2.46. The van der Waals surface area contributed by atoms with Crippen LogP contribution >= 0.6 is 12.2 Å². The first-order chi connectivity index (χ1) is 10.5. The SMILES string of the molecule is CCCc1n[nH]c(=S)n1CC(=O)Nc1cccc(C(C)C)c1. The standard InChI is InChI=1S/C16H22N4OS/c1-4-6-14-18-19-16(22)20(14)10-15(21)17-13-8-5-7-12(9-13)11(2)3/h5,7-9,11H,4,6,10H2,1-3H3,(H,17,21)(H,19,22). The van der Waals surface area contributed by atoms with E-state index in [0.29, 0.717) is 10.7 Å². The second-order valence-electron chi connectivity index (χ2n) is 5.61. The van der Waals surface area contributed by atoms with Crippen molar-refractivity contribution < 1.29 is 4.79 Å². The van der Waals surface area contributed by atoms with Gasteiger partial charge in [-0.3, -0.25) is 14.5 Å². The maximum absolute atomic E-state index is 12.2. The molecule has 5 nitrogen and oxygen atoms in total. The van der Waals surface area contributed by atoms with Crippen LogP contribution in [0.4, 0.5) is 5.69 Å². The number of aromatic nitrogens is 3. The average molecular weight is 318 g/mol. The number of hydrogen-bond acceptors (Lipinski definition) is 3. The summed E-state index contributed by atoms with van der Waals surface area (Å²) in [6, 6.07) is 7.92. The van der Waals surface area contributed by atoms with Gasteiger partial charge in [0.1, 0.15) is 12.4 Å². The van der Waals surface area contributed by atoms with Crippen LogP contribution in [-0.4, -0.2) is 20.7 Å². The minimum Gasteiger partial charge on any atom is -0.325 e. The van der Waals surface area contributed by atoms with Crippen LogP contribution in [0.5, 0.6) is 0 Å². The highest BCUT2D eigenvalue weighted by Crippen LogP contribution is 2.18. The van der Waals surface area contributed by atoms with E-state index in [-0.39, 0.29) is 12.5 Å². The average Bonchev–Trinajstić information content (AvgIpc) is 2.81. The number of H-pyrrole nitrogens is 1. The lowest BCUT2D eigenvalue weighted by molar-refractivity contribution is -0.116. The first kappa shape index (κ1) is 16.4. The molecule has 2 rings (SSSR count). The molecule has 1 aromatic carbocycles. The van der Waals surface area contributed by atoms with Crippen LogP contribution in [-0.2, 0) is 17.8 Å². The van der Waals surface area contributed by atoms with Crippen molar-refractivity contribution in [1.29, 1.82) is 0 Å². The molecule has 0 spiro atoms. The lowest BCUT2D eigenvalue weighted by Gasteiger charge is -2.10. The smallest absolute Gasteiger partial charge is 0.244 e. The van der Waals surface area contributed by atoms with Crippen LogP contribution in [0.2, 0.25) is 0 Å². The summed E-state index contributed by atoms with van der Waals surface area (Å²) in [4.78, 5) is 12.2. The lowest BCUT2D eigenvalue weighted by Crippen LogP contribution is -2.20. The molecule has 0 aliphatic rings. The van der Waals surface area contributed by atoms with Crippen molar-refractivity contribution in [2.45, 2.75) is 46.1 Å². The second-order valence-corrected chi connectivity index (χ2v) is 6.00. The molecule has 2 aromatic rings. The minimum absolute atomic E-state index is 0.101. The summed E-state index contributed by atoms with van der Waals surface area (Å²) in [6.07, 6.45) is 1.75. The molecule has 1 amide bonds. The maximum Gasteiger partial charge on any atom is 0.244 e. The van der Waals surface area contributed by atoms with E-state index in [1.54, 1.807) is 4.57 Å². The van der Waals surface area contributed by atoms with Crippen LogP contribution in [0, 0.1) is 4.77 Å². The van der Waals surface area contributed by atoms with Gasteiger partial charge in [0.05, 0.1) is 0 Å². The highest BCUT2D eigenvalue weighted by molar-refractivity contribution is 7.71. The molecule has 1 aromatic heterocycles. The summed E-state index contributed by atoms with van der Waals surface area (Å²) in [5.74, 6) is 1.14. The Labute approximate surface area is 135 Å². The van der Waals surface area contributed by atoms with Crippen molar-refractivity contribution in [1.82, 2.24) is 14.8 Å². The Morgan fingerprint density at radius 1 is 1.45 bits per heavy atom. The molecule has 22 heavy (non-hydrogen) atoms. The third kappa shape index (κ3) is 4.04. The van der Waals surface area contributed by atoms with Gasteiger partial charge in [0.25, 0.3) is 0 Å². The predicted molar refractivity (Wildman–Crippen MR) is 90.6 cm³/mol. The molecule has 6 heteroatoms. The van der Waals surface area contributed by atoms with E-state index in [0.717, 1.165) is 24.4 Å². The van der Waals surface area contributed by atoms with E-state index in [9.17, 15) is 4.79 Å². The van der Waals surface area contributed by atoms with E-state index in [4.69, 9.17) is 12.2 Å². The number of hydrogen-bond donors (Lipinski definition) is 2.